The number of halogens is 2. The van der Waals surface area contributed by atoms with Gasteiger partial charge in [0.25, 0.3) is 0 Å². The van der Waals surface area contributed by atoms with Crippen LogP contribution in [0.15, 0.2) is 18.2 Å². The summed E-state index contributed by atoms with van der Waals surface area (Å²) in [6, 6.07) is 3.67. The molecule has 0 amide bonds. The number of nitrogens with zero attached hydrogens (tertiary/aromatic N) is 1. The van der Waals surface area contributed by atoms with E-state index in [0.29, 0.717) is 31.9 Å². The lowest BCUT2D eigenvalue weighted by atomic mass is 9.88. The lowest BCUT2D eigenvalue weighted by Crippen LogP contribution is -2.38. The number of rotatable bonds is 3. The van der Waals surface area contributed by atoms with Crippen LogP contribution < -0.4 is 0 Å². The van der Waals surface area contributed by atoms with Gasteiger partial charge < -0.3 is 9.84 Å². The molecular formula is C16H19F2NO3. The third kappa shape index (κ3) is 2.98. The van der Waals surface area contributed by atoms with Crippen LogP contribution in [-0.4, -0.2) is 48.3 Å². The maximum Gasteiger partial charge on any atom is 0.308 e. The van der Waals surface area contributed by atoms with Crippen LogP contribution in [0.2, 0.25) is 0 Å². The molecule has 2 saturated heterocycles. The largest absolute Gasteiger partial charge is 0.481 e. The molecule has 6 heteroatoms. The second kappa shape index (κ2) is 6.30. The van der Waals surface area contributed by atoms with E-state index in [-0.39, 0.29) is 6.04 Å². The number of carboxylic acids is 1. The summed E-state index contributed by atoms with van der Waals surface area (Å²) in [4.78, 5) is 13.7. The van der Waals surface area contributed by atoms with E-state index >= 15 is 0 Å². The van der Waals surface area contributed by atoms with E-state index in [1.807, 2.05) is 0 Å². The first-order valence-corrected chi connectivity index (χ1v) is 7.56. The second-order valence-electron chi connectivity index (χ2n) is 6.01. The van der Waals surface area contributed by atoms with E-state index in [4.69, 9.17) is 4.74 Å². The molecule has 120 valence electrons. The van der Waals surface area contributed by atoms with Gasteiger partial charge in [-0.2, -0.15) is 0 Å². The summed E-state index contributed by atoms with van der Waals surface area (Å²) in [5, 5.41) is 9.46. The summed E-state index contributed by atoms with van der Waals surface area (Å²) in [6.45, 7) is 2.24. The Hall–Kier alpha value is -1.53. The van der Waals surface area contributed by atoms with E-state index in [2.05, 4.69) is 4.90 Å². The van der Waals surface area contributed by atoms with Crippen molar-refractivity contribution in [3.05, 3.63) is 35.4 Å². The lowest BCUT2D eigenvalue weighted by molar-refractivity contribution is -0.141. The van der Waals surface area contributed by atoms with Gasteiger partial charge >= 0.3 is 5.97 Å². The number of hydrogen-bond acceptors (Lipinski definition) is 3. The summed E-state index contributed by atoms with van der Waals surface area (Å²) in [7, 11) is 0. The van der Waals surface area contributed by atoms with Gasteiger partial charge in [-0.15, -0.1) is 0 Å². The van der Waals surface area contributed by atoms with Crippen LogP contribution in [0.1, 0.15) is 24.3 Å². The van der Waals surface area contributed by atoms with Crippen molar-refractivity contribution >= 4 is 5.97 Å². The fourth-order valence-corrected chi connectivity index (χ4v) is 3.55. The first-order valence-electron chi connectivity index (χ1n) is 7.56. The predicted octanol–water partition coefficient (Wildman–Crippen LogP) is 2.24. The second-order valence-corrected chi connectivity index (χ2v) is 6.01. The van der Waals surface area contributed by atoms with Crippen LogP contribution in [-0.2, 0) is 9.53 Å². The third-order valence-electron chi connectivity index (χ3n) is 4.73. The summed E-state index contributed by atoms with van der Waals surface area (Å²) in [6.07, 6.45) is 1.73. The Morgan fingerprint density at radius 1 is 1.23 bits per heavy atom. The Balaban J connectivity index is 1.83. The van der Waals surface area contributed by atoms with Crippen LogP contribution in [0.25, 0.3) is 0 Å². The van der Waals surface area contributed by atoms with Crippen molar-refractivity contribution in [1.29, 1.82) is 0 Å². The molecule has 0 spiro atoms. The van der Waals surface area contributed by atoms with Crippen LogP contribution >= 0.6 is 0 Å². The fourth-order valence-electron chi connectivity index (χ4n) is 3.55. The molecule has 22 heavy (non-hydrogen) atoms. The number of likely N-dealkylation sites (tertiary alicyclic amines) is 1. The van der Waals surface area contributed by atoms with Crippen molar-refractivity contribution in [2.75, 3.05) is 26.3 Å². The van der Waals surface area contributed by atoms with Crippen molar-refractivity contribution in [3.8, 4) is 0 Å². The summed E-state index contributed by atoms with van der Waals surface area (Å²) in [5.74, 6) is -3.34. The van der Waals surface area contributed by atoms with Gasteiger partial charge in [0.2, 0.25) is 0 Å². The van der Waals surface area contributed by atoms with Crippen molar-refractivity contribution < 1.29 is 23.4 Å². The molecule has 2 atom stereocenters. The Morgan fingerprint density at radius 3 is 2.59 bits per heavy atom. The maximum absolute atomic E-state index is 14.0. The topological polar surface area (TPSA) is 49.8 Å². The Kier molecular flexibility index (Phi) is 4.40. The number of carboxylic acid groups (broad SMARTS) is 1. The summed E-state index contributed by atoms with van der Waals surface area (Å²) < 4.78 is 32.4. The van der Waals surface area contributed by atoms with E-state index in [1.54, 1.807) is 0 Å². The van der Waals surface area contributed by atoms with E-state index in [9.17, 15) is 18.7 Å². The minimum Gasteiger partial charge on any atom is -0.481 e. The van der Waals surface area contributed by atoms with Gasteiger partial charge in [-0.05, 0) is 24.5 Å². The molecule has 1 aromatic rings. The van der Waals surface area contributed by atoms with Crippen LogP contribution in [0.3, 0.4) is 0 Å². The zero-order valence-corrected chi connectivity index (χ0v) is 12.2. The van der Waals surface area contributed by atoms with Crippen molar-refractivity contribution in [2.45, 2.75) is 24.8 Å². The molecule has 0 aliphatic carbocycles. The van der Waals surface area contributed by atoms with E-state index in [0.717, 1.165) is 18.9 Å². The van der Waals surface area contributed by atoms with Gasteiger partial charge in [0, 0.05) is 44.3 Å². The minimum absolute atomic E-state index is 0.282. The van der Waals surface area contributed by atoms with E-state index in [1.165, 1.54) is 12.1 Å². The van der Waals surface area contributed by atoms with Crippen molar-refractivity contribution in [3.63, 3.8) is 0 Å². The van der Waals surface area contributed by atoms with E-state index < -0.39 is 29.4 Å². The van der Waals surface area contributed by atoms with Gasteiger partial charge in [-0.1, -0.05) is 6.07 Å². The Labute approximate surface area is 127 Å². The zero-order chi connectivity index (χ0) is 15.7. The molecule has 0 aromatic heterocycles. The third-order valence-corrected chi connectivity index (χ3v) is 4.73. The fraction of sp³-hybridized carbons (Fsp3) is 0.562. The molecule has 2 aliphatic rings. The quantitative estimate of drug-likeness (QED) is 0.930. The molecular weight excluding hydrogens is 292 g/mol. The van der Waals surface area contributed by atoms with Crippen LogP contribution in [0.5, 0.6) is 0 Å². The van der Waals surface area contributed by atoms with Crippen molar-refractivity contribution in [1.82, 2.24) is 4.90 Å². The lowest BCUT2D eigenvalue weighted by Gasteiger charge is -2.31. The summed E-state index contributed by atoms with van der Waals surface area (Å²) >= 11 is 0. The van der Waals surface area contributed by atoms with Gasteiger partial charge in [0.1, 0.15) is 11.6 Å². The molecule has 0 radical (unpaired) electrons. The SMILES string of the molecule is O=C(O)[C@H]1CN(C2CCOCC2)C[C@@H]1c1ccc(F)cc1F. The zero-order valence-electron chi connectivity index (χ0n) is 12.2. The Morgan fingerprint density at radius 2 is 1.95 bits per heavy atom. The highest BCUT2D eigenvalue weighted by Gasteiger charge is 2.42. The van der Waals surface area contributed by atoms with Gasteiger partial charge in [-0.25, -0.2) is 8.78 Å². The molecule has 1 aromatic carbocycles. The van der Waals surface area contributed by atoms with Gasteiger partial charge in [0.15, 0.2) is 0 Å². The number of carbonyl (C=O) groups is 1. The number of aliphatic carboxylic acids is 1. The first kappa shape index (κ1) is 15.4. The number of hydrogen-bond donors (Lipinski definition) is 1. The average Bonchev–Trinajstić information content (AvgIpc) is 2.93. The molecule has 2 fully saturated rings. The van der Waals surface area contributed by atoms with Crippen LogP contribution in [0.4, 0.5) is 8.78 Å². The normalized spacial score (nSPS) is 27.2. The summed E-state index contributed by atoms with van der Waals surface area (Å²) in [5.41, 5.74) is 0.295. The predicted molar refractivity (Wildman–Crippen MR) is 75.6 cm³/mol. The molecule has 1 N–H and O–H groups in total. The minimum atomic E-state index is -0.928. The first-order chi connectivity index (χ1) is 10.6. The molecule has 0 saturated carbocycles. The average molecular weight is 311 g/mol. The van der Waals surface area contributed by atoms with Crippen molar-refractivity contribution in [2.24, 2.45) is 5.92 Å². The standard InChI is InChI=1S/C16H19F2NO3/c17-10-1-2-12(15(18)7-10)13-8-19(9-14(13)16(20)21)11-3-5-22-6-4-11/h1-2,7,11,13-14H,3-6,8-9H2,(H,20,21)/t13-,14+/m1/s1. The maximum atomic E-state index is 14.0. The van der Waals surface area contributed by atoms with Gasteiger partial charge in [0.05, 0.1) is 5.92 Å². The number of ether oxygens (including phenoxy) is 1. The van der Waals surface area contributed by atoms with Gasteiger partial charge in [-0.3, -0.25) is 9.69 Å². The highest BCUT2D eigenvalue weighted by Crippen LogP contribution is 2.36. The van der Waals surface area contributed by atoms with Crippen LogP contribution in [0, 0.1) is 17.6 Å². The highest BCUT2D eigenvalue weighted by molar-refractivity contribution is 5.72. The highest BCUT2D eigenvalue weighted by atomic mass is 19.1. The molecule has 4 nitrogen and oxygen atoms in total. The molecule has 2 heterocycles. The molecule has 0 bridgehead atoms. The number of benzene rings is 1. The monoisotopic (exact) mass is 311 g/mol. The Bertz CT molecular complexity index is 560. The molecule has 3 rings (SSSR count). The molecule has 2 aliphatic heterocycles. The smallest absolute Gasteiger partial charge is 0.308 e. The molecule has 0 unspecified atom stereocenters.